The SMILES string of the molecule is O=C(Cn1nc(N2CCN(c3ccc(F)cc3)CC2)ccc1=O)NCCc1ccco1. The molecule has 31 heavy (non-hydrogen) atoms. The molecule has 0 aliphatic carbocycles. The van der Waals surface area contributed by atoms with Gasteiger partial charge in [0, 0.05) is 50.9 Å². The molecule has 1 saturated heterocycles. The van der Waals surface area contributed by atoms with Crippen molar-refractivity contribution in [1.29, 1.82) is 0 Å². The summed E-state index contributed by atoms with van der Waals surface area (Å²) >= 11 is 0. The number of carbonyl (C=O) groups is 1. The summed E-state index contributed by atoms with van der Waals surface area (Å²) in [6.07, 6.45) is 2.17. The molecule has 0 radical (unpaired) electrons. The van der Waals surface area contributed by atoms with Crippen LogP contribution in [0.1, 0.15) is 5.76 Å². The molecule has 162 valence electrons. The number of nitrogens with zero attached hydrogens (tertiary/aromatic N) is 4. The zero-order valence-corrected chi connectivity index (χ0v) is 17.0. The number of piperazine rings is 1. The van der Waals surface area contributed by atoms with Crippen molar-refractivity contribution in [1.82, 2.24) is 15.1 Å². The normalized spacial score (nSPS) is 14.0. The first-order valence-corrected chi connectivity index (χ1v) is 10.2. The smallest absolute Gasteiger partial charge is 0.267 e. The van der Waals surface area contributed by atoms with Crippen LogP contribution in [-0.4, -0.2) is 48.4 Å². The van der Waals surface area contributed by atoms with Gasteiger partial charge in [0.05, 0.1) is 6.26 Å². The molecule has 3 aromatic rings. The molecule has 0 bridgehead atoms. The molecular formula is C22H24FN5O3. The molecule has 1 aliphatic rings. The van der Waals surface area contributed by atoms with Gasteiger partial charge >= 0.3 is 0 Å². The van der Waals surface area contributed by atoms with E-state index in [0.717, 1.165) is 24.5 Å². The molecule has 4 rings (SSSR count). The molecular weight excluding hydrogens is 401 g/mol. The van der Waals surface area contributed by atoms with Crippen molar-refractivity contribution in [3.05, 3.63) is 76.7 Å². The Morgan fingerprint density at radius 1 is 1.03 bits per heavy atom. The molecule has 2 aromatic heterocycles. The van der Waals surface area contributed by atoms with Gasteiger partial charge in [-0.3, -0.25) is 9.59 Å². The average molecular weight is 425 g/mol. The molecule has 1 aromatic carbocycles. The second-order valence-corrected chi connectivity index (χ2v) is 7.32. The van der Waals surface area contributed by atoms with Crippen molar-refractivity contribution < 1.29 is 13.6 Å². The lowest BCUT2D eigenvalue weighted by Crippen LogP contribution is -2.47. The van der Waals surface area contributed by atoms with Crippen LogP contribution in [0.15, 0.2) is 64.0 Å². The summed E-state index contributed by atoms with van der Waals surface area (Å²) in [5, 5.41) is 7.16. The Balaban J connectivity index is 1.32. The van der Waals surface area contributed by atoms with Gasteiger partial charge in [0.2, 0.25) is 5.91 Å². The summed E-state index contributed by atoms with van der Waals surface area (Å²) in [7, 11) is 0. The predicted molar refractivity (Wildman–Crippen MR) is 115 cm³/mol. The van der Waals surface area contributed by atoms with E-state index in [1.165, 1.54) is 22.9 Å². The lowest BCUT2D eigenvalue weighted by molar-refractivity contribution is -0.121. The van der Waals surface area contributed by atoms with Crippen LogP contribution in [0.2, 0.25) is 0 Å². The molecule has 1 amide bonds. The van der Waals surface area contributed by atoms with Crippen molar-refractivity contribution in [2.75, 3.05) is 42.5 Å². The fraction of sp³-hybridized carbons (Fsp3) is 0.318. The van der Waals surface area contributed by atoms with Crippen LogP contribution < -0.4 is 20.7 Å². The maximum absolute atomic E-state index is 13.1. The third kappa shape index (κ3) is 5.30. The number of hydrogen-bond acceptors (Lipinski definition) is 6. The Labute approximate surface area is 178 Å². The Kier molecular flexibility index (Phi) is 6.30. The van der Waals surface area contributed by atoms with E-state index in [2.05, 4.69) is 20.2 Å². The van der Waals surface area contributed by atoms with E-state index in [1.54, 1.807) is 30.5 Å². The van der Waals surface area contributed by atoms with Gasteiger partial charge in [-0.2, -0.15) is 5.10 Å². The fourth-order valence-electron chi connectivity index (χ4n) is 3.54. The topological polar surface area (TPSA) is 83.6 Å². The van der Waals surface area contributed by atoms with Crippen LogP contribution in [0.3, 0.4) is 0 Å². The highest BCUT2D eigenvalue weighted by Gasteiger charge is 2.19. The molecule has 3 heterocycles. The quantitative estimate of drug-likeness (QED) is 0.620. The van der Waals surface area contributed by atoms with Crippen molar-refractivity contribution in [2.45, 2.75) is 13.0 Å². The molecule has 0 spiro atoms. The number of hydrogen-bond donors (Lipinski definition) is 1. The van der Waals surface area contributed by atoms with E-state index in [1.807, 2.05) is 6.07 Å². The van der Waals surface area contributed by atoms with E-state index in [4.69, 9.17) is 4.42 Å². The molecule has 8 nitrogen and oxygen atoms in total. The number of amides is 1. The minimum atomic E-state index is -0.324. The first kappa shape index (κ1) is 20.6. The summed E-state index contributed by atoms with van der Waals surface area (Å²) in [4.78, 5) is 28.6. The molecule has 0 saturated carbocycles. The number of nitrogens with one attached hydrogen (secondary N) is 1. The number of halogens is 1. The second-order valence-electron chi connectivity index (χ2n) is 7.32. The number of carbonyl (C=O) groups excluding carboxylic acids is 1. The molecule has 1 fully saturated rings. The minimum absolute atomic E-state index is 0.139. The molecule has 0 atom stereocenters. The van der Waals surface area contributed by atoms with Gasteiger partial charge in [-0.15, -0.1) is 0 Å². The van der Waals surface area contributed by atoms with Crippen LogP contribution in [0.5, 0.6) is 0 Å². The van der Waals surface area contributed by atoms with E-state index < -0.39 is 0 Å². The van der Waals surface area contributed by atoms with Crippen LogP contribution in [0.25, 0.3) is 0 Å². The third-order valence-corrected chi connectivity index (χ3v) is 5.22. The maximum atomic E-state index is 13.1. The number of benzene rings is 1. The second kappa shape index (κ2) is 9.46. The van der Waals surface area contributed by atoms with Gasteiger partial charge in [0.25, 0.3) is 5.56 Å². The highest BCUT2D eigenvalue weighted by molar-refractivity contribution is 5.75. The van der Waals surface area contributed by atoms with Crippen molar-refractivity contribution in [2.24, 2.45) is 0 Å². The van der Waals surface area contributed by atoms with Gasteiger partial charge in [0.15, 0.2) is 0 Å². The largest absolute Gasteiger partial charge is 0.469 e. The first-order valence-electron chi connectivity index (χ1n) is 10.2. The third-order valence-electron chi connectivity index (χ3n) is 5.22. The highest BCUT2D eigenvalue weighted by atomic mass is 19.1. The fourth-order valence-corrected chi connectivity index (χ4v) is 3.54. The van der Waals surface area contributed by atoms with Gasteiger partial charge in [-0.05, 0) is 42.5 Å². The summed E-state index contributed by atoms with van der Waals surface area (Å²) in [5.74, 6) is 0.914. The van der Waals surface area contributed by atoms with Gasteiger partial charge in [0.1, 0.15) is 23.9 Å². The Morgan fingerprint density at radius 3 is 2.48 bits per heavy atom. The van der Waals surface area contributed by atoms with E-state index in [0.29, 0.717) is 31.9 Å². The standard InChI is InChI=1S/C22H24FN5O3/c23-17-3-5-18(6-4-17)26-11-13-27(14-12-26)20-7-8-22(30)28(25-20)16-21(29)24-10-9-19-2-1-15-31-19/h1-8,15H,9-14,16H2,(H,24,29). The van der Waals surface area contributed by atoms with Crippen LogP contribution in [-0.2, 0) is 17.8 Å². The minimum Gasteiger partial charge on any atom is -0.469 e. The summed E-state index contributed by atoms with van der Waals surface area (Å²) in [5.41, 5.74) is 0.653. The van der Waals surface area contributed by atoms with Crippen molar-refractivity contribution in [3.8, 4) is 0 Å². The zero-order valence-electron chi connectivity index (χ0n) is 17.0. The average Bonchev–Trinajstić information content (AvgIpc) is 3.30. The molecule has 0 unspecified atom stereocenters. The number of rotatable bonds is 7. The summed E-state index contributed by atoms with van der Waals surface area (Å²) in [6, 6.07) is 13.2. The Hall–Kier alpha value is -3.62. The Morgan fingerprint density at radius 2 is 1.77 bits per heavy atom. The molecule has 1 N–H and O–H groups in total. The Bertz CT molecular complexity index is 1060. The maximum Gasteiger partial charge on any atom is 0.267 e. The lowest BCUT2D eigenvalue weighted by atomic mass is 10.2. The zero-order chi connectivity index (χ0) is 21.6. The van der Waals surface area contributed by atoms with E-state index >= 15 is 0 Å². The van der Waals surface area contributed by atoms with Gasteiger partial charge < -0.3 is 19.5 Å². The summed E-state index contributed by atoms with van der Waals surface area (Å²) < 4.78 is 19.6. The van der Waals surface area contributed by atoms with Gasteiger partial charge in [-0.1, -0.05) is 0 Å². The number of furan rings is 1. The lowest BCUT2D eigenvalue weighted by Gasteiger charge is -2.36. The number of aromatic nitrogens is 2. The number of anilines is 2. The van der Waals surface area contributed by atoms with Crippen LogP contribution in [0.4, 0.5) is 15.9 Å². The predicted octanol–water partition coefficient (Wildman–Crippen LogP) is 1.66. The van der Waals surface area contributed by atoms with E-state index in [-0.39, 0.29) is 23.8 Å². The van der Waals surface area contributed by atoms with Crippen molar-refractivity contribution >= 4 is 17.4 Å². The van der Waals surface area contributed by atoms with E-state index in [9.17, 15) is 14.0 Å². The molecule has 1 aliphatic heterocycles. The molecule has 9 heteroatoms. The van der Waals surface area contributed by atoms with Crippen LogP contribution >= 0.6 is 0 Å². The summed E-state index contributed by atoms with van der Waals surface area (Å²) in [6.45, 7) is 3.20. The monoisotopic (exact) mass is 425 g/mol. The van der Waals surface area contributed by atoms with Crippen LogP contribution in [0, 0.1) is 5.82 Å². The van der Waals surface area contributed by atoms with Gasteiger partial charge in [-0.25, -0.2) is 9.07 Å². The first-order chi connectivity index (χ1) is 15.1. The highest BCUT2D eigenvalue weighted by Crippen LogP contribution is 2.19. The van der Waals surface area contributed by atoms with Crippen molar-refractivity contribution in [3.63, 3.8) is 0 Å².